The molecule has 196 valence electrons. The van der Waals surface area contributed by atoms with Crippen molar-refractivity contribution in [3.05, 3.63) is 113 Å². The molecule has 5 rings (SSSR count). The minimum atomic E-state index is -3.97. The predicted octanol–water partition coefficient (Wildman–Crippen LogP) is 7.27. The first kappa shape index (κ1) is 26.5. The number of pyridine rings is 1. The molecule has 0 unspecified atom stereocenters. The largest absolute Gasteiger partial charge is 0.497 e. The Balaban J connectivity index is 1.48. The fourth-order valence-electron chi connectivity index (χ4n) is 3.96. The lowest BCUT2D eigenvalue weighted by atomic mass is 10.0. The summed E-state index contributed by atoms with van der Waals surface area (Å²) in [4.78, 5) is 18.2. The molecule has 7 nitrogen and oxygen atoms in total. The van der Waals surface area contributed by atoms with Gasteiger partial charge in [-0.1, -0.05) is 41.4 Å². The van der Waals surface area contributed by atoms with Crippen LogP contribution in [0.2, 0.25) is 10.0 Å². The lowest BCUT2D eigenvalue weighted by Gasteiger charge is -2.13. The van der Waals surface area contributed by atoms with Gasteiger partial charge >= 0.3 is 0 Å². The van der Waals surface area contributed by atoms with E-state index in [1.807, 2.05) is 42.5 Å². The van der Waals surface area contributed by atoms with Crippen molar-refractivity contribution >= 4 is 61.4 Å². The van der Waals surface area contributed by atoms with Crippen LogP contribution in [0, 0.1) is 0 Å². The van der Waals surface area contributed by atoms with E-state index in [4.69, 9.17) is 32.9 Å². The number of sulfonamides is 1. The third-order valence-corrected chi connectivity index (χ3v) is 7.90. The molecule has 10 heteroatoms. The summed E-state index contributed by atoms with van der Waals surface area (Å²) in [5.74, 6) is 0.234. The third-order valence-electron chi connectivity index (χ3n) is 5.94. The van der Waals surface area contributed by atoms with Crippen LogP contribution in [0.15, 0.2) is 102 Å². The summed E-state index contributed by atoms with van der Waals surface area (Å²) < 4.78 is 33.8. The van der Waals surface area contributed by atoms with Gasteiger partial charge in [0.25, 0.3) is 15.9 Å². The summed E-state index contributed by atoms with van der Waals surface area (Å²) in [5, 5.41) is 4.07. The van der Waals surface area contributed by atoms with Crippen molar-refractivity contribution in [1.29, 1.82) is 0 Å². The Bertz CT molecular complexity index is 1790. The molecule has 0 spiro atoms. The van der Waals surface area contributed by atoms with Crippen LogP contribution in [-0.4, -0.2) is 26.4 Å². The van der Waals surface area contributed by atoms with E-state index in [-0.39, 0.29) is 15.6 Å². The lowest BCUT2D eigenvalue weighted by Crippen LogP contribution is -2.16. The normalized spacial score (nSPS) is 11.3. The van der Waals surface area contributed by atoms with Gasteiger partial charge in [-0.25, -0.2) is 13.4 Å². The Labute approximate surface area is 235 Å². The SMILES string of the molecule is COc1ccc(-c2cc(C(=O)Nc3cc(S(=O)(=O)Nc4ccc(Cl)cc4)ccc3Cl)c3ccccc3n2)cc1. The number of carbonyl (C=O) groups excluding carboxylic acids is 1. The fourth-order valence-corrected chi connectivity index (χ4v) is 5.34. The number of carbonyl (C=O) groups is 1. The number of aromatic nitrogens is 1. The molecule has 0 fully saturated rings. The number of benzene rings is 4. The Morgan fingerprint density at radius 2 is 1.59 bits per heavy atom. The second-order valence-corrected chi connectivity index (χ2v) is 11.0. The van der Waals surface area contributed by atoms with Crippen LogP contribution in [0.5, 0.6) is 5.75 Å². The number of hydrogen-bond acceptors (Lipinski definition) is 5. The molecule has 1 heterocycles. The van der Waals surface area contributed by atoms with Gasteiger partial charge in [0.05, 0.1) is 39.5 Å². The average Bonchev–Trinajstić information content (AvgIpc) is 2.94. The molecule has 39 heavy (non-hydrogen) atoms. The number of halogens is 2. The van der Waals surface area contributed by atoms with Gasteiger partial charge in [-0.3, -0.25) is 9.52 Å². The number of hydrogen-bond donors (Lipinski definition) is 2. The van der Waals surface area contributed by atoms with Crippen LogP contribution >= 0.6 is 23.2 Å². The molecule has 0 aliphatic heterocycles. The van der Waals surface area contributed by atoms with Crippen molar-refractivity contribution < 1.29 is 17.9 Å². The van der Waals surface area contributed by atoms with Gasteiger partial charge in [-0.05, 0) is 78.9 Å². The molecular formula is C29H21Cl2N3O4S. The first-order valence-electron chi connectivity index (χ1n) is 11.7. The molecule has 0 bridgehead atoms. The van der Waals surface area contributed by atoms with E-state index in [0.717, 1.165) is 5.56 Å². The zero-order valence-electron chi connectivity index (χ0n) is 20.5. The predicted molar refractivity (Wildman–Crippen MR) is 155 cm³/mol. The van der Waals surface area contributed by atoms with E-state index < -0.39 is 15.9 Å². The second kappa shape index (κ2) is 10.9. The number of fused-ring (bicyclic) bond motifs is 1. The molecule has 4 aromatic carbocycles. The van der Waals surface area contributed by atoms with Gasteiger partial charge < -0.3 is 10.1 Å². The number of nitrogens with one attached hydrogen (secondary N) is 2. The minimum absolute atomic E-state index is 0.0735. The van der Waals surface area contributed by atoms with Crippen molar-refractivity contribution in [2.24, 2.45) is 0 Å². The molecule has 2 N–H and O–H groups in total. The molecule has 0 aliphatic rings. The number of nitrogens with zero attached hydrogens (tertiary/aromatic N) is 1. The Hall–Kier alpha value is -4.11. The van der Waals surface area contributed by atoms with Crippen molar-refractivity contribution in [2.45, 2.75) is 4.90 Å². The van der Waals surface area contributed by atoms with Crippen LogP contribution < -0.4 is 14.8 Å². The first-order valence-corrected chi connectivity index (χ1v) is 13.9. The molecule has 0 atom stereocenters. The van der Waals surface area contributed by atoms with Crippen LogP contribution in [0.25, 0.3) is 22.2 Å². The van der Waals surface area contributed by atoms with Gasteiger partial charge in [-0.15, -0.1) is 0 Å². The quantitative estimate of drug-likeness (QED) is 0.212. The molecule has 0 radical (unpaired) electrons. The van der Waals surface area contributed by atoms with E-state index in [0.29, 0.717) is 38.6 Å². The van der Waals surface area contributed by atoms with E-state index >= 15 is 0 Å². The summed E-state index contributed by atoms with van der Waals surface area (Å²) in [5.41, 5.74) is 2.87. The van der Waals surface area contributed by atoms with Gasteiger partial charge in [0, 0.05) is 21.7 Å². The first-order chi connectivity index (χ1) is 18.7. The molecule has 1 amide bonds. The standard InChI is InChI=1S/C29H21Cl2N3O4S/c1-38-21-12-6-18(7-13-21)27-17-24(23-4-2-3-5-26(23)32-27)29(35)33-28-16-22(14-15-25(28)31)39(36,37)34-20-10-8-19(30)9-11-20/h2-17,34H,1H3,(H,33,35). The van der Waals surface area contributed by atoms with E-state index in [2.05, 4.69) is 10.0 Å². The number of para-hydroxylation sites is 1. The minimum Gasteiger partial charge on any atom is -0.497 e. The number of anilines is 2. The van der Waals surface area contributed by atoms with Crippen molar-refractivity contribution in [1.82, 2.24) is 4.98 Å². The highest BCUT2D eigenvalue weighted by Crippen LogP contribution is 2.30. The maximum atomic E-state index is 13.6. The summed E-state index contributed by atoms with van der Waals surface area (Å²) in [6, 6.07) is 26.7. The van der Waals surface area contributed by atoms with Crippen molar-refractivity contribution in [3.63, 3.8) is 0 Å². The van der Waals surface area contributed by atoms with Crippen molar-refractivity contribution in [2.75, 3.05) is 17.1 Å². The zero-order chi connectivity index (χ0) is 27.6. The van der Waals surface area contributed by atoms with Gasteiger partial charge in [-0.2, -0.15) is 0 Å². The smallest absolute Gasteiger partial charge is 0.261 e. The summed E-state index contributed by atoms with van der Waals surface area (Å²) >= 11 is 12.2. The second-order valence-electron chi connectivity index (χ2n) is 8.51. The van der Waals surface area contributed by atoms with Crippen LogP contribution in [-0.2, 0) is 10.0 Å². The van der Waals surface area contributed by atoms with Gasteiger partial charge in [0.2, 0.25) is 0 Å². The van der Waals surface area contributed by atoms with Crippen LogP contribution in [0.4, 0.5) is 11.4 Å². The van der Waals surface area contributed by atoms with Gasteiger partial charge in [0.15, 0.2) is 0 Å². The number of rotatable bonds is 7. The maximum Gasteiger partial charge on any atom is 0.261 e. The number of methoxy groups -OCH3 is 1. The maximum absolute atomic E-state index is 13.6. The van der Waals surface area contributed by atoms with Crippen molar-refractivity contribution in [3.8, 4) is 17.0 Å². The zero-order valence-corrected chi connectivity index (χ0v) is 22.8. The molecule has 5 aromatic rings. The van der Waals surface area contributed by atoms with Crippen LogP contribution in [0.1, 0.15) is 10.4 Å². The molecule has 1 aromatic heterocycles. The topological polar surface area (TPSA) is 97.4 Å². The van der Waals surface area contributed by atoms with E-state index in [9.17, 15) is 13.2 Å². The van der Waals surface area contributed by atoms with Crippen LogP contribution in [0.3, 0.4) is 0 Å². The molecule has 0 aliphatic carbocycles. The summed E-state index contributed by atoms with van der Waals surface area (Å²) in [7, 11) is -2.38. The monoisotopic (exact) mass is 577 g/mol. The Kier molecular flexibility index (Phi) is 7.43. The van der Waals surface area contributed by atoms with E-state index in [1.54, 1.807) is 43.5 Å². The highest BCUT2D eigenvalue weighted by molar-refractivity contribution is 7.92. The Morgan fingerprint density at radius 3 is 2.31 bits per heavy atom. The van der Waals surface area contributed by atoms with E-state index in [1.165, 1.54) is 18.2 Å². The molecule has 0 saturated carbocycles. The third kappa shape index (κ3) is 5.83. The molecular weight excluding hydrogens is 557 g/mol. The van der Waals surface area contributed by atoms with Gasteiger partial charge in [0.1, 0.15) is 5.75 Å². The Morgan fingerprint density at radius 1 is 0.872 bits per heavy atom. The highest BCUT2D eigenvalue weighted by atomic mass is 35.5. The highest BCUT2D eigenvalue weighted by Gasteiger charge is 2.19. The average molecular weight is 578 g/mol. The number of ether oxygens (including phenoxy) is 1. The number of amides is 1. The molecule has 0 saturated heterocycles. The summed E-state index contributed by atoms with van der Waals surface area (Å²) in [6.07, 6.45) is 0. The fraction of sp³-hybridized carbons (Fsp3) is 0.0345. The summed E-state index contributed by atoms with van der Waals surface area (Å²) in [6.45, 7) is 0. The lowest BCUT2D eigenvalue weighted by molar-refractivity contribution is 0.102.